The normalized spacial score (nSPS) is 18.3. The number of anilines is 1. The van der Waals surface area contributed by atoms with Gasteiger partial charge in [-0.05, 0) is 37.5 Å². The highest BCUT2D eigenvalue weighted by Crippen LogP contribution is 2.31. The lowest BCUT2D eigenvalue weighted by Gasteiger charge is -2.26. The summed E-state index contributed by atoms with van der Waals surface area (Å²) in [5.41, 5.74) is 5.87. The topological polar surface area (TPSA) is 240 Å². The van der Waals surface area contributed by atoms with Crippen LogP contribution in [0.3, 0.4) is 0 Å². The van der Waals surface area contributed by atoms with E-state index in [1.807, 2.05) is 30.3 Å². The Morgan fingerprint density at radius 2 is 1.76 bits per heavy atom. The smallest absolute Gasteiger partial charge is 0.326 e. The number of hydrogen-bond donors (Lipinski definition) is 5. The Hall–Kier alpha value is -3.57. The zero-order valence-corrected chi connectivity index (χ0v) is 24.0. The third-order valence-electron chi connectivity index (χ3n) is 6.31. The van der Waals surface area contributed by atoms with E-state index in [-0.39, 0.29) is 12.1 Å². The zero-order valence-electron chi connectivity index (χ0n) is 21.6. The Morgan fingerprint density at radius 1 is 1.12 bits per heavy atom. The molecule has 222 valence electrons. The van der Waals surface area contributed by atoms with Crippen molar-refractivity contribution in [3.63, 3.8) is 0 Å². The quantitative estimate of drug-likeness (QED) is 0.214. The van der Waals surface area contributed by atoms with Crippen LogP contribution in [0.5, 0.6) is 0 Å². The number of carbonyl (C=O) groups is 3. The first-order valence-electron chi connectivity index (χ1n) is 12.0. The number of sulfonamides is 2. The number of nitrogens with two attached hydrogens (primary N) is 2. The fraction of sp³-hybridized carbons (Fsp3) is 0.333. The van der Waals surface area contributed by atoms with Crippen LogP contribution in [0.15, 0.2) is 56.7 Å². The van der Waals surface area contributed by atoms with Gasteiger partial charge in [0.2, 0.25) is 15.9 Å². The van der Waals surface area contributed by atoms with Gasteiger partial charge in [-0.1, -0.05) is 41.9 Å². The minimum Gasteiger partial charge on any atom is -0.480 e. The number of benzene rings is 2. The summed E-state index contributed by atoms with van der Waals surface area (Å²) in [7, 11) is -9.12. The molecule has 0 radical (unpaired) electrons. The fourth-order valence-electron chi connectivity index (χ4n) is 4.29. The Bertz CT molecular complexity index is 1600. The molecule has 1 heterocycles. The molecule has 2 aromatic carbocycles. The van der Waals surface area contributed by atoms with Gasteiger partial charge in [-0.15, -0.1) is 0 Å². The number of likely N-dealkylation sites (tertiary alicyclic amines) is 1. The molecule has 0 bridgehead atoms. The van der Waals surface area contributed by atoms with Gasteiger partial charge in [-0.25, -0.2) is 18.4 Å². The van der Waals surface area contributed by atoms with Gasteiger partial charge in [-0.3, -0.25) is 14.9 Å². The molecule has 17 heteroatoms. The lowest BCUT2D eigenvalue weighted by atomic mass is 10.0. The van der Waals surface area contributed by atoms with Crippen LogP contribution in [-0.2, 0) is 40.9 Å². The van der Waals surface area contributed by atoms with E-state index in [1.54, 1.807) is 0 Å². The zero-order chi connectivity index (χ0) is 30.7. The van der Waals surface area contributed by atoms with Crippen molar-refractivity contribution in [3.05, 3.63) is 53.1 Å². The van der Waals surface area contributed by atoms with Crippen molar-refractivity contribution in [2.24, 2.45) is 9.54 Å². The number of nitrogens with zero attached hydrogens (tertiary/aromatic N) is 2. The minimum absolute atomic E-state index is 0.146. The van der Waals surface area contributed by atoms with Gasteiger partial charge in [0.1, 0.15) is 21.9 Å². The molecule has 0 aromatic heterocycles. The highest BCUT2D eigenvalue weighted by Gasteiger charge is 2.41. The number of carboxylic acids is 2. The van der Waals surface area contributed by atoms with E-state index in [0.29, 0.717) is 12.5 Å². The van der Waals surface area contributed by atoms with Crippen LogP contribution in [0.25, 0.3) is 0 Å². The van der Waals surface area contributed by atoms with E-state index in [0.717, 1.165) is 16.5 Å². The van der Waals surface area contributed by atoms with E-state index < -0.39 is 89.5 Å². The number of hydrogen-bond acceptors (Lipinski definition) is 9. The number of aliphatic carboxylic acids is 2. The molecule has 1 amide bonds. The molecule has 2 aromatic rings. The van der Waals surface area contributed by atoms with Gasteiger partial charge in [0.25, 0.3) is 10.0 Å². The monoisotopic (exact) mass is 629 g/mol. The number of carboxylic acid groups (broad SMARTS) is 2. The molecule has 0 spiro atoms. The molecule has 41 heavy (non-hydrogen) atoms. The highest BCUT2D eigenvalue weighted by atomic mass is 35.5. The Morgan fingerprint density at radius 3 is 2.32 bits per heavy atom. The molecule has 1 aliphatic heterocycles. The first kappa shape index (κ1) is 32.0. The standard InChI is InChI=1S/C24H28ClN5O9S2/c1-13(28-18(23(32)33)8-7-14-5-3-2-4-6-14)22(31)30-12-15(9-19(30)24(34)35)29-41(38,39)20-11-21(40(27,36)37)17(26)10-16(20)25/h2-6,10-11,13,18-19,28H,7-9,12,26H2,1H3,(H,32,33)(H,34,35)(H2,27,36,37)/t13-,18-,19-/m0/s1. The summed E-state index contributed by atoms with van der Waals surface area (Å²) in [5, 5.41) is 26.7. The lowest BCUT2D eigenvalue weighted by molar-refractivity contribution is -0.149. The van der Waals surface area contributed by atoms with Crippen LogP contribution >= 0.6 is 11.6 Å². The Kier molecular flexibility index (Phi) is 9.76. The van der Waals surface area contributed by atoms with E-state index in [4.69, 9.17) is 22.5 Å². The van der Waals surface area contributed by atoms with E-state index >= 15 is 0 Å². The lowest BCUT2D eigenvalue weighted by Crippen LogP contribution is -2.53. The number of nitrogen functional groups attached to an aromatic ring is 1. The minimum atomic E-state index is -4.70. The maximum Gasteiger partial charge on any atom is 0.326 e. The number of halogens is 1. The highest BCUT2D eigenvalue weighted by molar-refractivity contribution is 7.90. The molecule has 3 atom stereocenters. The average Bonchev–Trinajstić information content (AvgIpc) is 3.28. The second kappa shape index (κ2) is 12.5. The number of primary sulfonamides is 1. The number of carbonyl (C=O) groups excluding carboxylic acids is 1. The molecule has 0 unspecified atom stereocenters. The molecule has 3 rings (SSSR count). The van der Waals surface area contributed by atoms with Gasteiger partial charge < -0.3 is 20.8 Å². The van der Waals surface area contributed by atoms with Crippen molar-refractivity contribution < 1.29 is 41.4 Å². The number of nitrogens with one attached hydrogen (secondary N) is 1. The molecule has 0 aliphatic carbocycles. The fourth-order valence-corrected chi connectivity index (χ4v) is 6.64. The van der Waals surface area contributed by atoms with Gasteiger partial charge in [0.05, 0.1) is 29.0 Å². The summed E-state index contributed by atoms with van der Waals surface area (Å²) < 4.78 is 53.2. The van der Waals surface area contributed by atoms with Crippen LogP contribution in [0.4, 0.5) is 5.69 Å². The number of aryl methyl sites for hydroxylation is 1. The predicted molar refractivity (Wildman–Crippen MR) is 148 cm³/mol. The molecular weight excluding hydrogens is 602 g/mol. The van der Waals surface area contributed by atoms with Crippen LogP contribution in [0, 0.1) is 0 Å². The maximum absolute atomic E-state index is 13.2. The molecule has 1 fully saturated rings. The van der Waals surface area contributed by atoms with Crippen molar-refractivity contribution in [2.45, 2.75) is 54.1 Å². The summed E-state index contributed by atoms with van der Waals surface area (Å²) in [6, 6.07) is 6.86. The average molecular weight is 630 g/mol. The van der Waals surface area contributed by atoms with Crippen LogP contribution in [-0.4, -0.2) is 80.2 Å². The number of rotatable bonds is 11. The number of amides is 1. The largest absolute Gasteiger partial charge is 0.480 e. The third kappa shape index (κ3) is 7.80. The first-order valence-corrected chi connectivity index (χ1v) is 15.4. The van der Waals surface area contributed by atoms with E-state index in [2.05, 4.69) is 9.71 Å². The summed E-state index contributed by atoms with van der Waals surface area (Å²) in [4.78, 5) is 36.4. The van der Waals surface area contributed by atoms with Crippen molar-refractivity contribution in [1.82, 2.24) is 10.2 Å². The van der Waals surface area contributed by atoms with Gasteiger partial charge in [0, 0.05) is 6.42 Å². The second-order valence-corrected chi connectivity index (χ2v) is 12.8. The van der Waals surface area contributed by atoms with Crippen LogP contribution < -0.4 is 16.2 Å². The first-order chi connectivity index (χ1) is 19.0. The molecule has 1 aliphatic rings. The predicted octanol–water partition coefficient (Wildman–Crippen LogP) is 0.449. The molecule has 1 saturated heterocycles. The molecule has 14 nitrogen and oxygen atoms in total. The van der Waals surface area contributed by atoms with Crippen molar-refractivity contribution in [3.8, 4) is 0 Å². The summed E-state index contributed by atoms with van der Waals surface area (Å²) >= 11 is 5.98. The van der Waals surface area contributed by atoms with Crippen LogP contribution in [0.2, 0.25) is 5.02 Å². The van der Waals surface area contributed by atoms with Gasteiger partial charge in [-0.2, -0.15) is 12.8 Å². The summed E-state index contributed by atoms with van der Waals surface area (Å²) in [6.07, 6.45) is 0.0911. The van der Waals surface area contributed by atoms with Crippen LogP contribution in [0.1, 0.15) is 25.3 Å². The summed E-state index contributed by atoms with van der Waals surface area (Å²) in [5.74, 6) is -3.42. The van der Waals surface area contributed by atoms with E-state index in [9.17, 15) is 41.4 Å². The van der Waals surface area contributed by atoms with Crippen molar-refractivity contribution in [2.75, 3.05) is 12.3 Å². The third-order valence-corrected chi connectivity index (χ3v) is 9.09. The SMILES string of the molecule is C[C@H](N[C@@H](CCc1ccccc1)C(=O)O)C(=O)N1CC(=NS(=O)(=O)c2cc(S(N)(=O)=O)c(N)cc2Cl)C[C@H]1C(=O)O. The van der Waals surface area contributed by atoms with Gasteiger partial charge in [0.15, 0.2) is 0 Å². The molecule has 7 N–H and O–H groups in total. The Balaban J connectivity index is 1.83. The van der Waals surface area contributed by atoms with Crippen molar-refractivity contribution >= 4 is 60.9 Å². The maximum atomic E-state index is 13.2. The summed E-state index contributed by atoms with van der Waals surface area (Å²) in [6.45, 7) is 0.867. The van der Waals surface area contributed by atoms with Gasteiger partial charge >= 0.3 is 11.9 Å². The molecule has 0 saturated carbocycles. The Labute approximate surface area is 241 Å². The second-order valence-electron chi connectivity index (χ2n) is 9.33. The molecular formula is C24H28ClN5O9S2. The van der Waals surface area contributed by atoms with E-state index in [1.165, 1.54) is 6.92 Å². The van der Waals surface area contributed by atoms with Crippen molar-refractivity contribution in [1.29, 1.82) is 0 Å².